The van der Waals surface area contributed by atoms with Crippen molar-refractivity contribution in [3.63, 3.8) is 0 Å². The zero-order valence-electron chi connectivity index (χ0n) is 12.2. The van der Waals surface area contributed by atoms with Gasteiger partial charge < -0.3 is 5.32 Å². The fourth-order valence-corrected chi connectivity index (χ4v) is 4.81. The van der Waals surface area contributed by atoms with Crippen LogP contribution < -0.4 is 5.32 Å². The highest BCUT2D eigenvalue weighted by Gasteiger charge is 2.33. The molecular formula is C15H30N2S. The number of hydrogen-bond acceptors (Lipinski definition) is 3. The largest absolute Gasteiger partial charge is 0.314 e. The van der Waals surface area contributed by atoms with Gasteiger partial charge in [0.25, 0.3) is 0 Å². The molecule has 1 aliphatic carbocycles. The lowest BCUT2D eigenvalue weighted by atomic mass is 10.0. The molecule has 2 aliphatic rings. The van der Waals surface area contributed by atoms with Crippen LogP contribution in [0.25, 0.3) is 0 Å². The zero-order chi connectivity index (χ0) is 12.8. The lowest BCUT2D eigenvalue weighted by Gasteiger charge is -2.38. The summed E-state index contributed by atoms with van der Waals surface area (Å²) in [7, 11) is 0. The van der Waals surface area contributed by atoms with E-state index in [9.17, 15) is 0 Å². The van der Waals surface area contributed by atoms with E-state index in [-0.39, 0.29) is 0 Å². The maximum absolute atomic E-state index is 3.69. The Balaban J connectivity index is 1.74. The zero-order valence-corrected chi connectivity index (χ0v) is 13.0. The van der Waals surface area contributed by atoms with E-state index in [1.807, 2.05) is 0 Å². The van der Waals surface area contributed by atoms with Gasteiger partial charge in [-0.15, -0.1) is 0 Å². The Morgan fingerprint density at radius 2 is 1.89 bits per heavy atom. The highest BCUT2D eigenvalue weighted by molar-refractivity contribution is 7.99. The second kappa shape index (κ2) is 7.76. The van der Waals surface area contributed by atoms with Crippen molar-refractivity contribution in [3.05, 3.63) is 0 Å². The molecule has 2 unspecified atom stereocenters. The molecular weight excluding hydrogens is 240 g/mol. The predicted molar refractivity (Wildman–Crippen MR) is 82.4 cm³/mol. The van der Waals surface area contributed by atoms with Crippen LogP contribution in [-0.4, -0.2) is 47.6 Å². The molecule has 0 amide bonds. The van der Waals surface area contributed by atoms with E-state index in [2.05, 4.69) is 35.8 Å². The van der Waals surface area contributed by atoms with E-state index >= 15 is 0 Å². The Bertz CT molecular complexity index is 227. The minimum Gasteiger partial charge on any atom is -0.314 e. The van der Waals surface area contributed by atoms with Gasteiger partial charge in [-0.2, -0.15) is 11.8 Å². The van der Waals surface area contributed by atoms with Crippen molar-refractivity contribution in [1.82, 2.24) is 10.2 Å². The monoisotopic (exact) mass is 270 g/mol. The standard InChI is InChI=1S/C15H30N2S/c1-3-10-16-13-8-11-17(12-9-13)14-6-5-7-15(14)18-4-2/h13-16H,3-12H2,1-2H3. The first-order valence-corrected chi connectivity index (χ1v) is 8.99. The van der Waals surface area contributed by atoms with Gasteiger partial charge in [-0.3, -0.25) is 4.90 Å². The van der Waals surface area contributed by atoms with Crippen LogP contribution in [0.15, 0.2) is 0 Å². The molecule has 2 atom stereocenters. The van der Waals surface area contributed by atoms with Crippen molar-refractivity contribution in [3.8, 4) is 0 Å². The number of nitrogens with one attached hydrogen (secondary N) is 1. The van der Waals surface area contributed by atoms with Crippen LogP contribution >= 0.6 is 11.8 Å². The summed E-state index contributed by atoms with van der Waals surface area (Å²) in [6, 6.07) is 1.68. The van der Waals surface area contributed by atoms with Gasteiger partial charge in [-0.1, -0.05) is 20.3 Å². The Hall–Kier alpha value is 0.270. The maximum Gasteiger partial charge on any atom is 0.0214 e. The fourth-order valence-electron chi connectivity index (χ4n) is 3.52. The molecule has 18 heavy (non-hydrogen) atoms. The summed E-state index contributed by atoms with van der Waals surface area (Å²) in [5.74, 6) is 1.29. The molecule has 0 spiro atoms. The van der Waals surface area contributed by atoms with Crippen molar-refractivity contribution in [2.75, 3.05) is 25.4 Å². The van der Waals surface area contributed by atoms with E-state index in [1.165, 1.54) is 63.9 Å². The third-order valence-corrected chi connectivity index (χ3v) is 5.79. The third-order valence-electron chi connectivity index (χ3n) is 4.48. The minimum absolute atomic E-state index is 0.792. The van der Waals surface area contributed by atoms with E-state index in [1.54, 1.807) is 0 Å². The van der Waals surface area contributed by atoms with Gasteiger partial charge >= 0.3 is 0 Å². The fraction of sp³-hybridized carbons (Fsp3) is 1.00. The Morgan fingerprint density at radius 1 is 1.11 bits per heavy atom. The lowest BCUT2D eigenvalue weighted by molar-refractivity contribution is 0.148. The minimum atomic E-state index is 0.792. The average molecular weight is 270 g/mol. The quantitative estimate of drug-likeness (QED) is 0.798. The number of nitrogens with zero attached hydrogens (tertiary/aromatic N) is 1. The molecule has 1 heterocycles. The summed E-state index contributed by atoms with van der Waals surface area (Å²) in [5.41, 5.74) is 0. The summed E-state index contributed by atoms with van der Waals surface area (Å²) >= 11 is 2.20. The molecule has 106 valence electrons. The normalized spacial score (nSPS) is 31.0. The van der Waals surface area contributed by atoms with Crippen LogP contribution in [0, 0.1) is 0 Å². The summed E-state index contributed by atoms with van der Waals surface area (Å²) in [6.07, 6.45) is 8.34. The molecule has 1 aliphatic heterocycles. The first kappa shape index (κ1) is 14.7. The van der Waals surface area contributed by atoms with Crippen LogP contribution in [0.1, 0.15) is 52.4 Å². The van der Waals surface area contributed by atoms with Crippen molar-refractivity contribution in [2.45, 2.75) is 69.7 Å². The predicted octanol–water partition coefficient (Wildman–Crippen LogP) is 3.12. The smallest absolute Gasteiger partial charge is 0.0214 e. The van der Waals surface area contributed by atoms with Gasteiger partial charge in [-0.25, -0.2) is 0 Å². The molecule has 0 aromatic heterocycles. The summed E-state index contributed by atoms with van der Waals surface area (Å²) in [4.78, 5) is 2.80. The molecule has 0 aromatic carbocycles. The number of rotatable bonds is 6. The van der Waals surface area contributed by atoms with Gasteiger partial charge in [0, 0.05) is 17.3 Å². The van der Waals surface area contributed by atoms with Crippen LogP contribution in [0.4, 0.5) is 0 Å². The summed E-state index contributed by atoms with van der Waals surface area (Å²) < 4.78 is 0. The molecule has 1 N–H and O–H groups in total. The molecule has 1 saturated carbocycles. The van der Waals surface area contributed by atoms with E-state index in [0.717, 1.165) is 17.3 Å². The second-order valence-corrected chi connectivity index (χ2v) is 7.27. The van der Waals surface area contributed by atoms with E-state index in [0.29, 0.717) is 0 Å². The molecule has 0 radical (unpaired) electrons. The number of likely N-dealkylation sites (tertiary alicyclic amines) is 1. The second-order valence-electron chi connectivity index (χ2n) is 5.76. The van der Waals surface area contributed by atoms with Gasteiger partial charge in [0.1, 0.15) is 0 Å². The molecule has 1 saturated heterocycles. The van der Waals surface area contributed by atoms with Crippen LogP contribution in [-0.2, 0) is 0 Å². The lowest BCUT2D eigenvalue weighted by Crippen LogP contribution is -2.48. The maximum atomic E-state index is 3.69. The summed E-state index contributed by atoms with van der Waals surface area (Å²) in [5, 5.41) is 4.61. The van der Waals surface area contributed by atoms with Crippen LogP contribution in [0.3, 0.4) is 0 Å². The number of thioether (sulfide) groups is 1. The van der Waals surface area contributed by atoms with Crippen molar-refractivity contribution < 1.29 is 0 Å². The Morgan fingerprint density at radius 3 is 2.56 bits per heavy atom. The molecule has 2 fully saturated rings. The number of piperidine rings is 1. The number of hydrogen-bond donors (Lipinski definition) is 1. The highest BCUT2D eigenvalue weighted by Crippen LogP contribution is 2.34. The molecule has 0 aromatic rings. The van der Waals surface area contributed by atoms with Crippen LogP contribution in [0.5, 0.6) is 0 Å². The van der Waals surface area contributed by atoms with Crippen LogP contribution in [0.2, 0.25) is 0 Å². The first-order valence-electron chi connectivity index (χ1n) is 7.94. The van der Waals surface area contributed by atoms with Gasteiger partial charge in [0.2, 0.25) is 0 Å². The molecule has 2 nitrogen and oxygen atoms in total. The highest BCUT2D eigenvalue weighted by atomic mass is 32.2. The summed E-state index contributed by atoms with van der Waals surface area (Å²) in [6.45, 7) is 8.41. The SMILES string of the molecule is CCCNC1CCN(C2CCCC2SCC)CC1. The molecule has 3 heteroatoms. The van der Waals surface area contributed by atoms with Crippen molar-refractivity contribution in [2.24, 2.45) is 0 Å². The van der Waals surface area contributed by atoms with Crippen molar-refractivity contribution in [1.29, 1.82) is 0 Å². The topological polar surface area (TPSA) is 15.3 Å². The third kappa shape index (κ3) is 3.88. The Labute approximate surface area is 117 Å². The Kier molecular flexibility index (Phi) is 6.33. The van der Waals surface area contributed by atoms with Gasteiger partial charge in [0.15, 0.2) is 0 Å². The first-order chi connectivity index (χ1) is 8.85. The molecule has 2 rings (SSSR count). The van der Waals surface area contributed by atoms with E-state index in [4.69, 9.17) is 0 Å². The van der Waals surface area contributed by atoms with E-state index < -0.39 is 0 Å². The van der Waals surface area contributed by atoms with Gasteiger partial charge in [0.05, 0.1) is 0 Å². The van der Waals surface area contributed by atoms with Crippen molar-refractivity contribution >= 4 is 11.8 Å². The molecule has 0 bridgehead atoms. The average Bonchev–Trinajstić information content (AvgIpc) is 2.86. The van der Waals surface area contributed by atoms with Gasteiger partial charge in [-0.05, 0) is 57.5 Å².